The Kier molecular flexibility index (Phi) is 6.35. The molecule has 0 spiro atoms. The molecule has 9 nitrogen and oxygen atoms in total. The van der Waals surface area contributed by atoms with E-state index in [1.807, 2.05) is 30.3 Å². The van der Waals surface area contributed by atoms with Crippen molar-refractivity contribution in [2.75, 3.05) is 10.6 Å². The van der Waals surface area contributed by atoms with E-state index < -0.39 is 10.7 Å². The van der Waals surface area contributed by atoms with Crippen LogP contribution in [0.3, 0.4) is 0 Å². The second-order valence-electron chi connectivity index (χ2n) is 7.08. The number of amides is 1. The summed E-state index contributed by atoms with van der Waals surface area (Å²) in [4.78, 5) is 26.9. The molecule has 2 N–H and O–H groups in total. The lowest BCUT2D eigenvalue weighted by Gasteiger charge is -2.10. The van der Waals surface area contributed by atoms with Crippen LogP contribution in [0.15, 0.2) is 77.3 Å². The number of non-ortho nitro benzene ring substituents is 1. The van der Waals surface area contributed by atoms with Gasteiger partial charge in [-0.05, 0) is 23.8 Å². The number of hydrogen-bond acceptors (Lipinski definition) is 7. The predicted molar refractivity (Wildman–Crippen MR) is 119 cm³/mol. The highest BCUT2D eigenvalue weighted by molar-refractivity contribution is 5.92. The number of nitrogens with one attached hydrogen (secondary N) is 2. The molecule has 3 aromatic carbocycles. The van der Waals surface area contributed by atoms with Crippen LogP contribution in [-0.2, 0) is 17.8 Å². The zero-order valence-electron chi connectivity index (χ0n) is 17.2. The van der Waals surface area contributed by atoms with E-state index in [0.717, 1.165) is 5.56 Å². The number of nitro groups is 1. The third-order valence-corrected chi connectivity index (χ3v) is 4.67. The second-order valence-corrected chi connectivity index (χ2v) is 7.08. The third kappa shape index (κ3) is 5.56. The summed E-state index contributed by atoms with van der Waals surface area (Å²) in [6.07, 6.45) is 0.125. The van der Waals surface area contributed by atoms with E-state index in [2.05, 4.69) is 20.8 Å². The molecule has 0 unspecified atom stereocenters. The lowest BCUT2D eigenvalue weighted by atomic mass is 10.1. The van der Waals surface area contributed by atoms with Gasteiger partial charge in [0, 0.05) is 23.4 Å². The lowest BCUT2D eigenvalue weighted by molar-refractivity contribution is -0.384. The molecule has 0 aliphatic carbocycles. The summed E-state index contributed by atoms with van der Waals surface area (Å²) >= 11 is 0. The largest absolute Gasteiger partial charge is 0.376 e. The molecule has 1 aromatic heterocycles. The van der Waals surface area contributed by atoms with E-state index in [1.54, 1.807) is 6.07 Å². The molecule has 0 fully saturated rings. The highest BCUT2D eigenvalue weighted by Crippen LogP contribution is 2.23. The lowest BCUT2D eigenvalue weighted by Crippen LogP contribution is -2.15. The number of nitrogens with zero attached hydrogens (tertiary/aromatic N) is 3. The number of anilines is 2. The Labute approximate surface area is 187 Å². The molecule has 0 aliphatic heterocycles. The summed E-state index contributed by atoms with van der Waals surface area (Å²) in [5.74, 6) is -0.456. The number of carbonyl (C=O) groups excluding carboxylic acids is 1. The number of aromatic nitrogens is 2. The normalized spacial score (nSPS) is 10.6. The fourth-order valence-corrected chi connectivity index (χ4v) is 3.09. The minimum absolute atomic E-state index is 0.0451. The summed E-state index contributed by atoms with van der Waals surface area (Å²) in [6.45, 7) is 0.130. The van der Waals surface area contributed by atoms with Crippen molar-refractivity contribution in [3.05, 3.63) is 100 Å². The average molecular weight is 447 g/mol. The molecule has 33 heavy (non-hydrogen) atoms. The first-order valence-electron chi connectivity index (χ1n) is 9.92. The average Bonchev–Trinajstić information content (AvgIpc) is 3.29. The number of hydrogen-bond donors (Lipinski definition) is 2. The third-order valence-electron chi connectivity index (χ3n) is 4.67. The van der Waals surface area contributed by atoms with Gasteiger partial charge in [-0.15, -0.1) is 0 Å². The Morgan fingerprint density at radius 1 is 1.06 bits per heavy atom. The molecule has 1 heterocycles. The fourth-order valence-electron chi connectivity index (χ4n) is 3.09. The first-order chi connectivity index (χ1) is 16.0. The van der Waals surface area contributed by atoms with Crippen LogP contribution in [0.4, 0.5) is 21.5 Å². The molecular weight excluding hydrogens is 429 g/mol. The van der Waals surface area contributed by atoms with Crippen molar-refractivity contribution in [1.29, 1.82) is 0 Å². The first-order valence-corrected chi connectivity index (χ1v) is 9.92. The highest BCUT2D eigenvalue weighted by Gasteiger charge is 2.13. The van der Waals surface area contributed by atoms with Crippen molar-refractivity contribution in [2.24, 2.45) is 0 Å². The van der Waals surface area contributed by atoms with Crippen LogP contribution >= 0.6 is 0 Å². The molecule has 1 amide bonds. The number of nitro benzene ring substituents is 1. The standard InChI is InChI=1S/C23H18FN5O4/c24-19-10-9-17(13-20(19)26-21(30)11-15-5-2-1-3-6-15)25-14-22-27-23(28-33-22)16-7-4-8-18(12-16)29(31)32/h1-10,12-13,25H,11,14H2,(H,26,30). The smallest absolute Gasteiger partial charge is 0.270 e. The van der Waals surface area contributed by atoms with Crippen LogP contribution in [0, 0.1) is 15.9 Å². The molecule has 10 heteroatoms. The first kappa shape index (κ1) is 21.6. The number of benzene rings is 3. The van der Waals surface area contributed by atoms with E-state index >= 15 is 0 Å². The second kappa shape index (κ2) is 9.69. The molecule has 166 valence electrons. The Hall–Kier alpha value is -4.60. The van der Waals surface area contributed by atoms with Gasteiger partial charge in [-0.1, -0.05) is 47.6 Å². The Morgan fingerprint density at radius 3 is 2.67 bits per heavy atom. The van der Waals surface area contributed by atoms with Crippen molar-refractivity contribution in [3.8, 4) is 11.4 Å². The molecule has 4 rings (SSSR count). The SMILES string of the molecule is O=C(Cc1ccccc1)Nc1cc(NCc2nc(-c3cccc([N+](=O)[O-])c3)no2)ccc1F. The monoisotopic (exact) mass is 447 g/mol. The van der Waals surface area contributed by atoms with Gasteiger partial charge in [0.15, 0.2) is 0 Å². The van der Waals surface area contributed by atoms with E-state index in [-0.39, 0.29) is 42.0 Å². The summed E-state index contributed by atoms with van der Waals surface area (Å²) in [5.41, 5.74) is 1.76. The van der Waals surface area contributed by atoms with Crippen LogP contribution < -0.4 is 10.6 Å². The zero-order valence-corrected chi connectivity index (χ0v) is 17.2. The number of carbonyl (C=O) groups is 1. The van der Waals surface area contributed by atoms with Crippen molar-refractivity contribution < 1.29 is 18.6 Å². The topological polar surface area (TPSA) is 123 Å². The number of rotatable bonds is 8. The van der Waals surface area contributed by atoms with E-state index in [4.69, 9.17) is 4.52 Å². The van der Waals surface area contributed by atoms with Gasteiger partial charge in [-0.2, -0.15) is 4.98 Å². The van der Waals surface area contributed by atoms with Gasteiger partial charge in [0.25, 0.3) is 5.69 Å². The van der Waals surface area contributed by atoms with Crippen molar-refractivity contribution in [2.45, 2.75) is 13.0 Å². The van der Waals surface area contributed by atoms with Crippen LogP contribution in [0.5, 0.6) is 0 Å². The van der Waals surface area contributed by atoms with E-state index in [0.29, 0.717) is 11.3 Å². The Balaban J connectivity index is 1.40. The zero-order chi connectivity index (χ0) is 23.2. The van der Waals surface area contributed by atoms with Crippen LogP contribution in [-0.4, -0.2) is 21.0 Å². The van der Waals surface area contributed by atoms with E-state index in [1.165, 1.54) is 36.4 Å². The Morgan fingerprint density at radius 2 is 1.88 bits per heavy atom. The number of halogens is 1. The minimum atomic E-state index is -0.562. The van der Waals surface area contributed by atoms with Gasteiger partial charge in [-0.25, -0.2) is 4.39 Å². The maximum absolute atomic E-state index is 14.2. The highest BCUT2D eigenvalue weighted by atomic mass is 19.1. The molecule has 0 atom stereocenters. The van der Waals surface area contributed by atoms with Crippen LogP contribution in [0.2, 0.25) is 0 Å². The maximum Gasteiger partial charge on any atom is 0.270 e. The van der Waals surface area contributed by atoms with Crippen LogP contribution in [0.1, 0.15) is 11.5 Å². The minimum Gasteiger partial charge on any atom is -0.376 e. The molecule has 0 radical (unpaired) electrons. The van der Waals surface area contributed by atoms with Crippen molar-refractivity contribution in [1.82, 2.24) is 10.1 Å². The summed E-state index contributed by atoms with van der Waals surface area (Å²) in [7, 11) is 0. The molecule has 0 saturated heterocycles. The van der Waals surface area contributed by atoms with Gasteiger partial charge in [-0.3, -0.25) is 14.9 Å². The maximum atomic E-state index is 14.2. The van der Waals surface area contributed by atoms with Gasteiger partial charge in [0.2, 0.25) is 17.6 Å². The van der Waals surface area contributed by atoms with Gasteiger partial charge in [0.1, 0.15) is 5.82 Å². The molecule has 0 aliphatic rings. The molecule has 0 bridgehead atoms. The van der Waals surface area contributed by atoms with Gasteiger partial charge >= 0.3 is 0 Å². The summed E-state index contributed by atoms with van der Waals surface area (Å²) in [6, 6.07) is 19.3. The van der Waals surface area contributed by atoms with Gasteiger partial charge < -0.3 is 15.2 Å². The molecule has 0 saturated carbocycles. The quantitative estimate of drug-likeness (QED) is 0.299. The summed E-state index contributed by atoms with van der Waals surface area (Å²) in [5, 5.41) is 20.4. The molecule has 4 aromatic rings. The fraction of sp³-hybridized carbons (Fsp3) is 0.0870. The predicted octanol–water partition coefficient (Wildman–Crippen LogP) is 4.58. The van der Waals surface area contributed by atoms with Crippen LogP contribution in [0.25, 0.3) is 11.4 Å². The van der Waals surface area contributed by atoms with E-state index in [9.17, 15) is 19.3 Å². The Bertz CT molecular complexity index is 1290. The van der Waals surface area contributed by atoms with Crippen molar-refractivity contribution in [3.63, 3.8) is 0 Å². The van der Waals surface area contributed by atoms with Gasteiger partial charge in [0.05, 0.1) is 23.6 Å². The summed E-state index contributed by atoms with van der Waals surface area (Å²) < 4.78 is 19.4. The van der Waals surface area contributed by atoms with Crippen molar-refractivity contribution >= 4 is 23.0 Å². The molecular formula is C23H18FN5O4.